The van der Waals surface area contributed by atoms with Gasteiger partial charge >= 0.3 is 0 Å². The van der Waals surface area contributed by atoms with Crippen LogP contribution in [0, 0.1) is 5.41 Å². The van der Waals surface area contributed by atoms with Crippen molar-refractivity contribution in [2.24, 2.45) is 5.41 Å². The van der Waals surface area contributed by atoms with E-state index in [2.05, 4.69) is 35.2 Å². The topological polar surface area (TPSA) is 32.8 Å². The third-order valence-electron chi connectivity index (χ3n) is 5.58. The molecule has 0 N–H and O–H groups in total. The second kappa shape index (κ2) is 8.13. The second-order valence-electron chi connectivity index (χ2n) is 7.47. The van der Waals surface area contributed by atoms with E-state index in [1.54, 1.807) is 7.11 Å². The highest BCUT2D eigenvalue weighted by molar-refractivity contribution is 5.77. The largest absolute Gasteiger partial charge is 0.375 e. The molecule has 0 bridgehead atoms. The van der Waals surface area contributed by atoms with Crippen molar-refractivity contribution in [3.05, 3.63) is 35.9 Å². The van der Waals surface area contributed by atoms with E-state index in [4.69, 9.17) is 4.74 Å². The maximum absolute atomic E-state index is 12.1. The fraction of sp³-hybridized carbons (Fsp3) is 0.650. The number of rotatable bonds is 6. The Morgan fingerprint density at radius 1 is 1.17 bits per heavy atom. The van der Waals surface area contributed by atoms with Gasteiger partial charge in [0.05, 0.1) is 0 Å². The SMILES string of the molecule is COCC(=O)N1CCC2(CCCN(CCCc3ccccc3)C2)C1. The van der Waals surface area contributed by atoms with Gasteiger partial charge in [0.2, 0.25) is 5.91 Å². The molecule has 0 aromatic heterocycles. The molecular formula is C20H30N2O2. The van der Waals surface area contributed by atoms with Gasteiger partial charge in [0.1, 0.15) is 6.61 Å². The van der Waals surface area contributed by atoms with E-state index in [0.29, 0.717) is 5.41 Å². The number of ether oxygens (including phenoxy) is 1. The Morgan fingerprint density at radius 2 is 2.00 bits per heavy atom. The van der Waals surface area contributed by atoms with Crippen molar-refractivity contribution in [1.29, 1.82) is 0 Å². The van der Waals surface area contributed by atoms with Gasteiger partial charge in [-0.3, -0.25) is 4.79 Å². The minimum atomic E-state index is 0.149. The molecule has 2 saturated heterocycles. The van der Waals surface area contributed by atoms with Crippen LogP contribution in [0.4, 0.5) is 0 Å². The molecule has 1 spiro atoms. The van der Waals surface area contributed by atoms with Gasteiger partial charge in [-0.1, -0.05) is 30.3 Å². The Kier molecular flexibility index (Phi) is 5.90. The highest BCUT2D eigenvalue weighted by Crippen LogP contribution is 2.39. The van der Waals surface area contributed by atoms with Crippen molar-refractivity contribution < 1.29 is 9.53 Å². The van der Waals surface area contributed by atoms with Gasteiger partial charge in [-0.15, -0.1) is 0 Å². The minimum Gasteiger partial charge on any atom is -0.375 e. The molecule has 132 valence electrons. The number of methoxy groups -OCH3 is 1. The number of hydrogen-bond donors (Lipinski definition) is 0. The van der Waals surface area contributed by atoms with Crippen molar-refractivity contribution in [3.8, 4) is 0 Å². The van der Waals surface area contributed by atoms with E-state index >= 15 is 0 Å². The standard InChI is InChI=1S/C20H30N2O2/c1-24-15-19(23)22-14-11-20(17-22)10-6-13-21(16-20)12-5-9-18-7-3-2-4-8-18/h2-4,7-8H,5-6,9-17H2,1H3. The third-order valence-corrected chi connectivity index (χ3v) is 5.58. The number of nitrogens with zero attached hydrogens (tertiary/aromatic N) is 2. The maximum Gasteiger partial charge on any atom is 0.248 e. The molecular weight excluding hydrogens is 300 g/mol. The quantitative estimate of drug-likeness (QED) is 0.804. The summed E-state index contributed by atoms with van der Waals surface area (Å²) in [6, 6.07) is 10.8. The Hall–Kier alpha value is -1.39. The maximum atomic E-state index is 12.1. The number of carbonyl (C=O) groups excluding carboxylic acids is 1. The molecule has 2 fully saturated rings. The molecule has 0 radical (unpaired) electrons. The van der Waals surface area contributed by atoms with Gasteiger partial charge < -0.3 is 14.5 Å². The molecule has 1 amide bonds. The van der Waals surface area contributed by atoms with Gasteiger partial charge in [0.25, 0.3) is 0 Å². The van der Waals surface area contributed by atoms with Crippen LogP contribution in [0.25, 0.3) is 0 Å². The summed E-state index contributed by atoms with van der Waals surface area (Å²) < 4.78 is 5.01. The normalized spacial score (nSPS) is 24.6. The summed E-state index contributed by atoms with van der Waals surface area (Å²) in [6.07, 6.45) is 6.05. The van der Waals surface area contributed by atoms with Crippen LogP contribution in [0.5, 0.6) is 0 Å². The van der Waals surface area contributed by atoms with E-state index in [1.165, 1.54) is 37.9 Å². The monoisotopic (exact) mass is 330 g/mol. The first-order valence-corrected chi connectivity index (χ1v) is 9.24. The van der Waals surface area contributed by atoms with Gasteiger partial charge in [-0.05, 0) is 50.8 Å². The van der Waals surface area contributed by atoms with Crippen molar-refractivity contribution in [2.75, 3.05) is 46.4 Å². The molecule has 0 saturated carbocycles. The Labute approximate surface area is 145 Å². The molecule has 1 aromatic rings. The number of piperidine rings is 1. The number of aryl methyl sites for hydroxylation is 1. The molecule has 1 aromatic carbocycles. The molecule has 4 nitrogen and oxygen atoms in total. The van der Waals surface area contributed by atoms with E-state index in [1.807, 2.05) is 4.90 Å². The lowest BCUT2D eigenvalue weighted by Gasteiger charge is -2.40. The number of carbonyl (C=O) groups is 1. The first kappa shape index (κ1) is 17.4. The summed E-state index contributed by atoms with van der Waals surface area (Å²) in [5.74, 6) is 0.149. The summed E-state index contributed by atoms with van der Waals surface area (Å²) in [5, 5.41) is 0. The Bertz CT molecular complexity index is 534. The second-order valence-corrected chi connectivity index (χ2v) is 7.47. The number of benzene rings is 1. The van der Waals surface area contributed by atoms with Crippen LogP contribution < -0.4 is 0 Å². The van der Waals surface area contributed by atoms with E-state index in [-0.39, 0.29) is 12.5 Å². The lowest BCUT2D eigenvalue weighted by Crippen LogP contribution is -2.46. The average molecular weight is 330 g/mol. The van der Waals surface area contributed by atoms with Gasteiger partial charge in [-0.2, -0.15) is 0 Å². The first-order chi connectivity index (χ1) is 11.7. The van der Waals surface area contributed by atoms with Crippen LogP contribution in [-0.2, 0) is 16.0 Å². The molecule has 2 aliphatic heterocycles. The zero-order valence-corrected chi connectivity index (χ0v) is 14.9. The van der Waals surface area contributed by atoms with Crippen molar-refractivity contribution >= 4 is 5.91 Å². The Morgan fingerprint density at radius 3 is 2.79 bits per heavy atom. The molecule has 3 rings (SSSR count). The lowest BCUT2D eigenvalue weighted by atomic mass is 9.79. The van der Waals surface area contributed by atoms with E-state index in [9.17, 15) is 4.79 Å². The first-order valence-electron chi connectivity index (χ1n) is 9.24. The summed E-state index contributed by atoms with van der Waals surface area (Å²) in [6.45, 7) is 5.57. The molecule has 1 atom stereocenters. The van der Waals surface area contributed by atoms with Crippen molar-refractivity contribution in [2.45, 2.75) is 32.1 Å². The fourth-order valence-corrected chi connectivity index (χ4v) is 4.35. The molecule has 1 unspecified atom stereocenters. The van der Waals surface area contributed by atoms with Crippen molar-refractivity contribution in [3.63, 3.8) is 0 Å². The molecule has 24 heavy (non-hydrogen) atoms. The molecule has 2 aliphatic rings. The predicted octanol–water partition coefficient (Wildman–Crippen LogP) is 2.58. The number of amides is 1. The molecule has 2 heterocycles. The third kappa shape index (κ3) is 4.37. The van der Waals surface area contributed by atoms with E-state index < -0.39 is 0 Å². The van der Waals surface area contributed by atoms with E-state index in [0.717, 1.165) is 32.5 Å². The highest BCUT2D eigenvalue weighted by atomic mass is 16.5. The lowest BCUT2D eigenvalue weighted by molar-refractivity contribution is -0.134. The number of hydrogen-bond acceptors (Lipinski definition) is 3. The van der Waals surface area contributed by atoms with Crippen LogP contribution in [0.3, 0.4) is 0 Å². The predicted molar refractivity (Wildman–Crippen MR) is 95.9 cm³/mol. The van der Waals surface area contributed by atoms with Crippen molar-refractivity contribution in [1.82, 2.24) is 9.80 Å². The summed E-state index contributed by atoms with van der Waals surface area (Å²) in [5.41, 5.74) is 1.76. The highest BCUT2D eigenvalue weighted by Gasteiger charge is 2.42. The van der Waals surface area contributed by atoms with Gasteiger partial charge in [-0.25, -0.2) is 0 Å². The van der Waals surface area contributed by atoms with Crippen LogP contribution >= 0.6 is 0 Å². The van der Waals surface area contributed by atoms with Crippen LogP contribution in [0.15, 0.2) is 30.3 Å². The number of likely N-dealkylation sites (tertiary alicyclic amines) is 2. The molecule has 4 heteroatoms. The van der Waals surface area contributed by atoms with Gasteiger partial charge in [0.15, 0.2) is 0 Å². The average Bonchev–Trinajstić information content (AvgIpc) is 3.00. The minimum absolute atomic E-state index is 0.149. The van der Waals surface area contributed by atoms with Crippen LogP contribution in [0.1, 0.15) is 31.2 Å². The Balaban J connectivity index is 1.47. The molecule has 0 aliphatic carbocycles. The zero-order chi connectivity index (χ0) is 16.8. The van der Waals surface area contributed by atoms with Gasteiger partial charge in [0, 0.05) is 32.2 Å². The van der Waals surface area contributed by atoms with Crippen LogP contribution in [-0.4, -0.2) is 62.1 Å². The summed E-state index contributed by atoms with van der Waals surface area (Å²) in [4.78, 5) is 16.7. The summed E-state index contributed by atoms with van der Waals surface area (Å²) >= 11 is 0. The zero-order valence-electron chi connectivity index (χ0n) is 14.9. The van der Waals surface area contributed by atoms with Crippen LogP contribution in [0.2, 0.25) is 0 Å². The fourth-order valence-electron chi connectivity index (χ4n) is 4.35. The summed E-state index contributed by atoms with van der Waals surface area (Å²) in [7, 11) is 1.60. The smallest absolute Gasteiger partial charge is 0.248 e.